The molecule has 0 unspecified atom stereocenters. The Morgan fingerprint density at radius 2 is 2.09 bits per heavy atom. The number of pyridine rings is 1. The number of nitrogens with zero attached hydrogens (tertiary/aromatic N) is 3. The zero-order chi connectivity index (χ0) is 16.5. The molecule has 0 aliphatic carbocycles. The van der Waals surface area contributed by atoms with Crippen molar-refractivity contribution >= 4 is 5.97 Å². The van der Waals surface area contributed by atoms with Crippen molar-refractivity contribution in [2.75, 3.05) is 26.2 Å². The van der Waals surface area contributed by atoms with Crippen molar-refractivity contribution in [1.82, 2.24) is 14.8 Å². The van der Waals surface area contributed by atoms with Crippen molar-refractivity contribution in [3.8, 4) is 0 Å². The molecule has 0 saturated carbocycles. The van der Waals surface area contributed by atoms with Crippen LogP contribution in [0.2, 0.25) is 0 Å². The van der Waals surface area contributed by atoms with Crippen LogP contribution in [0.15, 0.2) is 36.7 Å². The number of aromatic nitrogens is 1. The Bertz CT molecular complexity index is 504. The quantitative estimate of drug-likeness (QED) is 0.783. The molecule has 1 atom stereocenters. The Hall–Kier alpha value is -1.72. The first-order valence-electron chi connectivity index (χ1n) is 8.45. The first-order valence-corrected chi connectivity index (χ1v) is 8.45. The van der Waals surface area contributed by atoms with Crippen molar-refractivity contribution in [2.45, 2.75) is 38.8 Å². The second-order valence-corrected chi connectivity index (χ2v) is 6.02. The summed E-state index contributed by atoms with van der Waals surface area (Å²) >= 11 is 0. The highest BCUT2D eigenvalue weighted by Gasteiger charge is 2.25. The van der Waals surface area contributed by atoms with Gasteiger partial charge in [0, 0.05) is 38.6 Å². The van der Waals surface area contributed by atoms with Crippen LogP contribution in [-0.4, -0.2) is 58.1 Å². The molecule has 1 fully saturated rings. The molecule has 1 N–H and O–H groups in total. The van der Waals surface area contributed by atoms with Crippen LogP contribution in [0.5, 0.6) is 0 Å². The SMILES string of the molecule is CCC/C=C/[C@@H](C(=O)O)N1CCCN(Cc2ccncc2)CC1. The topological polar surface area (TPSA) is 56.7 Å². The van der Waals surface area contributed by atoms with Gasteiger partial charge >= 0.3 is 5.97 Å². The number of aliphatic carboxylic acids is 1. The molecule has 1 aliphatic rings. The fraction of sp³-hybridized carbons (Fsp3) is 0.556. The lowest BCUT2D eigenvalue weighted by Gasteiger charge is -2.25. The predicted octanol–water partition coefficient (Wildman–Crippen LogP) is 2.40. The van der Waals surface area contributed by atoms with Crippen molar-refractivity contribution in [2.24, 2.45) is 0 Å². The van der Waals surface area contributed by atoms with Gasteiger partial charge in [-0.1, -0.05) is 25.5 Å². The van der Waals surface area contributed by atoms with Gasteiger partial charge in [0.2, 0.25) is 0 Å². The highest BCUT2D eigenvalue weighted by atomic mass is 16.4. The summed E-state index contributed by atoms with van der Waals surface area (Å²) in [6, 6.07) is 3.58. The molecule has 23 heavy (non-hydrogen) atoms. The lowest BCUT2D eigenvalue weighted by Crippen LogP contribution is -2.42. The molecule has 0 aromatic carbocycles. The van der Waals surface area contributed by atoms with Crippen molar-refractivity contribution in [1.29, 1.82) is 0 Å². The number of rotatable bonds is 7. The van der Waals surface area contributed by atoms with E-state index >= 15 is 0 Å². The summed E-state index contributed by atoms with van der Waals surface area (Å²) in [5, 5.41) is 9.50. The van der Waals surface area contributed by atoms with Crippen molar-refractivity contribution in [3.05, 3.63) is 42.2 Å². The highest BCUT2D eigenvalue weighted by Crippen LogP contribution is 2.12. The number of unbranched alkanes of at least 4 members (excludes halogenated alkanes) is 1. The standard InChI is InChI=1S/C18H27N3O2/c1-2-3-4-6-17(18(22)23)21-12-5-11-20(13-14-21)15-16-7-9-19-10-8-16/h4,6-10,17H,2-3,5,11-15H2,1H3,(H,22,23)/b6-4+/t17-/m0/s1. The summed E-state index contributed by atoms with van der Waals surface area (Å²) in [5.41, 5.74) is 1.26. The van der Waals surface area contributed by atoms with Gasteiger partial charge in [-0.3, -0.25) is 19.6 Å². The maximum Gasteiger partial charge on any atom is 0.324 e. The van der Waals surface area contributed by atoms with E-state index in [0.29, 0.717) is 0 Å². The van der Waals surface area contributed by atoms with E-state index in [2.05, 4.69) is 21.7 Å². The number of carboxylic acids is 1. The zero-order valence-corrected chi connectivity index (χ0v) is 13.9. The molecule has 0 spiro atoms. The van der Waals surface area contributed by atoms with Crippen LogP contribution in [0.25, 0.3) is 0 Å². The Morgan fingerprint density at radius 3 is 2.78 bits per heavy atom. The van der Waals surface area contributed by atoms with Crippen LogP contribution in [0.1, 0.15) is 31.7 Å². The minimum atomic E-state index is -0.750. The fourth-order valence-electron chi connectivity index (χ4n) is 2.93. The minimum absolute atomic E-state index is 0.498. The van der Waals surface area contributed by atoms with Gasteiger partial charge in [0.25, 0.3) is 0 Å². The van der Waals surface area contributed by atoms with Crippen molar-refractivity contribution in [3.63, 3.8) is 0 Å². The Labute approximate surface area is 138 Å². The fourth-order valence-corrected chi connectivity index (χ4v) is 2.93. The Morgan fingerprint density at radius 1 is 1.30 bits per heavy atom. The lowest BCUT2D eigenvalue weighted by atomic mass is 10.2. The summed E-state index contributed by atoms with van der Waals surface area (Å²) in [7, 11) is 0. The van der Waals surface area contributed by atoms with E-state index < -0.39 is 12.0 Å². The second kappa shape index (κ2) is 9.43. The average Bonchev–Trinajstić information content (AvgIpc) is 2.78. The summed E-state index contributed by atoms with van der Waals surface area (Å²) in [4.78, 5) is 20.1. The molecule has 2 heterocycles. The van der Waals surface area contributed by atoms with Gasteiger partial charge in [-0.25, -0.2) is 0 Å². The Kier molecular flexibility index (Phi) is 7.23. The van der Waals surface area contributed by atoms with Gasteiger partial charge in [0.1, 0.15) is 6.04 Å². The highest BCUT2D eigenvalue weighted by molar-refractivity contribution is 5.75. The van der Waals surface area contributed by atoms with Crippen LogP contribution in [-0.2, 0) is 11.3 Å². The number of hydrogen-bond donors (Lipinski definition) is 1. The Balaban J connectivity index is 1.92. The van der Waals surface area contributed by atoms with E-state index in [1.165, 1.54) is 5.56 Å². The van der Waals surface area contributed by atoms with E-state index in [0.717, 1.165) is 52.0 Å². The average molecular weight is 317 g/mol. The number of carboxylic acid groups (broad SMARTS) is 1. The third-order valence-electron chi connectivity index (χ3n) is 4.20. The molecular formula is C18H27N3O2. The number of carbonyl (C=O) groups is 1. The third-order valence-corrected chi connectivity index (χ3v) is 4.20. The maximum atomic E-state index is 11.6. The molecule has 5 heteroatoms. The molecule has 0 amide bonds. The largest absolute Gasteiger partial charge is 0.480 e. The third kappa shape index (κ3) is 5.77. The minimum Gasteiger partial charge on any atom is -0.480 e. The molecule has 2 rings (SSSR count). The van der Waals surface area contributed by atoms with Gasteiger partial charge in [0.05, 0.1) is 0 Å². The molecule has 1 aliphatic heterocycles. The molecule has 1 aromatic heterocycles. The smallest absolute Gasteiger partial charge is 0.324 e. The molecular weight excluding hydrogens is 290 g/mol. The summed E-state index contributed by atoms with van der Waals surface area (Å²) in [6.45, 7) is 6.53. The van der Waals surface area contributed by atoms with Gasteiger partial charge < -0.3 is 5.11 Å². The second-order valence-electron chi connectivity index (χ2n) is 6.02. The predicted molar refractivity (Wildman–Crippen MR) is 91.2 cm³/mol. The molecule has 126 valence electrons. The lowest BCUT2D eigenvalue weighted by molar-refractivity contribution is -0.141. The first-order chi connectivity index (χ1) is 11.2. The van der Waals surface area contributed by atoms with Crippen molar-refractivity contribution < 1.29 is 9.90 Å². The summed E-state index contributed by atoms with van der Waals surface area (Å²) < 4.78 is 0. The monoisotopic (exact) mass is 317 g/mol. The molecule has 0 bridgehead atoms. The number of hydrogen-bond acceptors (Lipinski definition) is 4. The first kappa shape index (κ1) is 17.6. The zero-order valence-electron chi connectivity index (χ0n) is 13.9. The van der Waals surface area contributed by atoms with Gasteiger partial charge in [-0.2, -0.15) is 0 Å². The van der Waals surface area contributed by atoms with E-state index in [4.69, 9.17) is 0 Å². The normalized spacial score (nSPS) is 18.8. The molecule has 1 aromatic rings. The molecule has 0 radical (unpaired) electrons. The summed E-state index contributed by atoms with van der Waals surface area (Å²) in [5.74, 6) is -0.750. The molecule has 5 nitrogen and oxygen atoms in total. The van der Waals surface area contributed by atoms with Gasteiger partial charge in [0.15, 0.2) is 0 Å². The number of allylic oxidation sites excluding steroid dienone is 1. The van der Waals surface area contributed by atoms with E-state index in [1.54, 1.807) is 0 Å². The van der Waals surface area contributed by atoms with E-state index in [-0.39, 0.29) is 0 Å². The van der Waals surface area contributed by atoms with Gasteiger partial charge in [-0.05, 0) is 37.1 Å². The van der Waals surface area contributed by atoms with Crippen LogP contribution < -0.4 is 0 Å². The van der Waals surface area contributed by atoms with E-state index in [9.17, 15) is 9.90 Å². The molecule has 1 saturated heterocycles. The van der Waals surface area contributed by atoms with Crippen LogP contribution in [0, 0.1) is 0 Å². The van der Waals surface area contributed by atoms with Gasteiger partial charge in [-0.15, -0.1) is 0 Å². The summed E-state index contributed by atoms with van der Waals surface area (Å²) in [6.07, 6.45) is 10.5. The van der Waals surface area contributed by atoms with Crippen LogP contribution in [0.4, 0.5) is 0 Å². The van der Waals surface area contributed by atoms with Crippen LogP contribution in [0.3, 0.4) is 0 Å². The van der Waals surface area contributed by atoms with Crippen LogP contribution >= 0.6 is 0 Å². The van der Waals surface area contributed by atoms with E-state index in [1.807, 2.05) is 36.7 Å². The maximum absolute atomic E-state index is 11.6.